The zero-order valence-electron chi connectivity index (χ0n) is 10.5. The number of aromatic nitrogens is 2. The predicted molar refractivity (Wildman–Crippen MR) is 69.5 cm³/mol. The maximum absolute atomic E-state index is 12.5. The first-order valence-corrected chi connectivity index (χ1v) is 7.47. The molecule has 2 aromatic rings. The van der Waals surface area contributed by atoms with E-state index in [0.29, 0.717) is 12.1 Å². The first-order valence-electron chi connectivity index (χ1n) is 5.52. The number of hydrogen-bond donors (Lipinski definition) is 2. The van der Waals surface area contributed by atoms with Gasteiger partial charge in [0.2, 0.25) is 5.88 Å². The Morgan fingerprint density at radius 2 is 1.64 bits per heavy atom. The summed E-state index contributed by atoms with van der Waals surface area (Å²) in [7, 11) is -9.74. The van der Waals surface area contributed by atoms with Gasteiger partial charge < -0.3 is 10.4 Å². The second-order valence-corrected chi connectivity index (χ2v) is 6.62. The van der Waals surface area contributed by atoms with E-state index in [0.717, 1.165) is 12.4 Å². The van der Waals surface area contributed by atoms with Gasteiger partial charge in [-0.1, -0.05) is 19.4 Å². The van der Waals surface area contributed by atoms with E-state index in [4.69, 9.17) is 5.11 Å². The molecule has 0 unspecified atom stereocenters. The minimum atomic E-state index is -9.74. The van der Waals surface area contributed by atoms with Crippen LogP contribution in [0.5, 0.6) is 5.88 Å². The highest BCUT2D eigenvalue weighted by atomic mass is 32.5. The van der Waals surface area contributed by atoms with Crippen LogP contribution >= 0.6 is 10.2 Å². The zero-order valence-corrected chi connectivity index (χ0v) is 11.3. The summed E-state index contributed by atoms with van der Waals surface area (Å²) in [4.78, 5) is 16.5. The molecule has 0 spiro atoms. The van der Waals surface area contributed by atoms with Crippen LogP contribution in [-0.4, -0.2) is 21.0 Å². The van der Waals surface area contributed by atoms with Crippen molar-refractivity contribution in [2.75, 3.05) is 5.32 Å². The van der Waals surface area contributed by atoms with Crippen molar-refractivity contribution in [3.8, 4) is 5.88 Å². The molecule has 0 radical (unpaired) electrons. The topological polar surface area (TPSA) is 75.1 Å². The highest BCUT2D eigenvalue weighted by molar-refractivity contribution is 8.45. The lowest BCUT2D eigenvalue weighted by atomic mass is 10.3. The second kappa shape index (κ2) is 4.29. The number of halogens is 5. The third-order valence-electron chi connectivity index (χ3n) is 2.44. The Kier molecular flexibility index (Phi) is 3.11. The SMILES string of the molecule is O=C(Nc1ccc(S(F)(F)(F)(F)F)cc1)c1cc(O)ncn1. The van der Waals surface area contributed by atoms with E-state index >= 15 is 0 Å². The summed E-state index contributed by atoms with van der Waals surface area (Å²) < 4.78 is 62.6. The molecule has 1 aromatic heterocycles. The number of hydrogen-bond acceptors (Lipinski definition) is 4. The van der Waals surface area contributed by atoms with E-state index in [-0.39, 0.29) is 23.5 Å². The van der Waals surface area contributed by atoms with Crippen LogP contribution in [0.4, 0.5) is 25.1 Å². The van der Waals surface area contributed by atoms with Crippen molar-refractivity contribution < 1.29 is 29.3 Å². The summed E-state index contributed by atoms with van der Waals surface area (Å²) >= 11 is 0. The lowest BCUT2D eigenvalue weighted by molar-refractivity contribution is 0.102. The molecule has 1 amide bonds. The van der Waals surface area contributed by atoms with E-state index in [2.05, 4.69) is 15.3 Å². The summed E-state index contributed by atoms with van der Waals surface area (Å²) in [6.07, 6.45) is 0.904. The Morgan fingerprint density at radius 1 is 1.05 bits per heavy atom. The maximum Gasteiger partial charge on any atom is 0.310 e. The molecule has 120 valence electrons. The zero-order chi connectivity index (χ0) is 16.7. The first-order chi connectivity index (χ1) is 9.85. The van der Waals surface area contributed by atoms with Crippen molar-refractivity contribution >= 4 is 21.8 Å². The normalized spacial score (nSPS) is 14.8. The summed E-state index contributed by atoms with van der Waals surface area (Å²) in [6, 6.07) is 2.65. The van der Waals surface area contributed by atoms with Crippen molar-refractivity contribution in [2.45, 2.75) is 4.90 Å². The molecule has 1 heterocycles. The van der Waals surface area contributed by atoms with E-state index in [1.165, 1.54) is 0 Å². The number of nitrogens with one attached hydrogen (secondary N) is 1. The van der Waals surface area contributed by atoms with Crippen LogP contribution in [0.1, 0.15) is 10.5 Å². The molecule has 0 aliphatic carbocycles. The van der Waals surface area contributed by atoms with E-state index < -0.39 is 26.9 Å². The van der Waals surface area contributed by atoms with Gasteiger partial charge in [0.05, 0.1) is 0 Å². The van der Waals surface area contributed by atoms with Crippen LogP contribution in [-0.2, 0) is 0 Å². The number of carbonyl (C=O) groups is 1. The lowest BCUT2D eigenvalue weighted by Crippen LogP contribution is -2.14. The minimum absolute atomic E-state index is 0.145. The minimum Gasteiger partial charge on any atom is -0.493 e. The summed E-state index contributed by atoms with van der Waals surface area (Å²) in [5.41, 5.74) is -0.391. The van der Waals surface area contributed by atoms with Gasteiger partial charge in [-0.05, 0) is 24.3 Å². The maximum atomic E-state index is 12.5. The fraction of sp³-hybridized carbons (Fsp3) is 0. The molecule has 0 fully saturated rings. The number of rotatable bonds is 3. The number of anilines is 1. The van der Waals surface area contributed by atoms with Crippen LogP contribution in [0.2, 0.25) is 0 Å². The molecule has 0 atom stereocenters. The van der Waals surface area contributed by atoms with E-state index in [1.807, 2.05) is 0 Å². The Morgan fingerprint density at radius 3 is 2.14 bits per heavy atom. The monoisotopic (exact) mass is 341 g/mol. The molecule has 2 N–H and O–H groups in total. The Hall–Kier alpha value is -2.43. The van der Waals surface area contributed by atoms with Gasteiger partial charge in [0.25, 0.3) is 5.91 Å². The van der Waals surface area contributed by atoms with Crippen molar-refractivity contribution in [1.29, 1.82) is 0 Å². The molecule has 0 saturated carbocycles. The molecule has 0 bridgehead atoms. The Bertz CT molecular complexity index is 734. The van der Waals surface area contributed by atoms with E-state index in [1.54, 1.807) is 0 Å². The van der Waals surface area contributed by atoms with Gasteiger partial charge in [-0.3, -0.25) is 4.79 Å². The standard InChI is InChI=1S/C11H8F5N3O2S/c12-22(13,14,15,16)8-3-1-7(2-4-8)19-11(21)9-5-10(20)18-6-17-9/h1-6H,(H,19,21)(H,17,18,20). The fourth-order valence-electron chi connectivity index (χ4n) is 1.46. The molecule has 0 saturated heterocycles. The molecule has 1 aromatic carbocycles. The number of amides is 1. The molecule has 22 heavy (non-hydrogen) atoms. The summed E-state index contributed by atoms with van der Waals surface area (Å²) in [5.74, 6) is -1.32. The van der Waals surface area contributed by atoms with Crippen molar-refractivity contribution in [2.24, 2.45) is 0 Å². The molecule has 5 nitrogen and oxygen atoms in total. The third-order valence-corrected chi connectivity index (χ3v) is 3.61. The highest BCUT2D eigenvalue weighted by Gasteiger charge is 2.65. The van der Waals surface area contributed by atoms with Crippen LogP contribution in [0.15, 0.2) is 41.6 Å². The Balaban J connectivity index is 2.21. The van der Waals surface area contributed by atoms with Crippen LogP contribution < -0.4 is 5.32 Å². The average molecular weight is 341 g/mol. The largest absolute Gasteiger partial charge is 0.493 e. The van der Waals surface area contributed by atoms with Crippen molar-refractivity contribution in [3.63, 3.8) is 0 Å². The molecule has 0 aliphatic rings. The molecule has 11 heteroatoms. The van der Waals surface area contributed by atoms with Gasteiger partial charge in [0, 0.05) is 11.8 Å². The molecular formula is C11H8F5N3O2S. The lowest BCUT2D eigenvalue weighted by Gasteiger charge is -2.40. The second-order valence-electron chi connectivity index (χ2n) is 4.21. The van der Waals surface area contributed by atoms with Crippen LogP contribution in [0.25, 0.3) is 0 Å². The van der Waals surface area contributed by atoms with Gasteiger partial charge in [0.1, 0.15) is 16.9 Å². The highest BCUT2D eigenvalue weighted by Crippen LogP contribution is 3.02. The smallest absolute Gasteiger partial charge is 0.310 e. The van der Waals surface area contributed by atoms with Crippen LogP contribution in [0, 0.1) is 0 Å². The fourth-order valence-corrected chi connectivity index (χ4v) is 2.11. The van der Waals surface area contributed by atoms with Crippen molar-refractivity contribution in [3.05, 3.63) is 42.4 Å². The summed E-state index contributed by atoms with van der Waals surface area (Å²) in [5, 5.41) is 11.2. The van der Waals surface area contributed by atoms with Gasteiger partial charge in [-0.25, -0.2) is 9.97 Å². The third kappa shape index (κ3) is 3.81. The van der Waals surface area contributed by atoms with Crippen molar-refractivity contribution in [1.82, 2.24) is 9.97 Å². The Labute approximate surface area is 120 Å². The molecule has 2 rings (SSSR count). The summed E-state index contributed by atoms with van der Waals surface area (Å²) in [6.45, 7) is 0. The molecular weight excluding hydrogens is 333 g/mol. The quantitative estimate of drug-likeness (QED) is 0.825. The van der Waals surface area contributed by atoms with E-state index in [9.17, 15) is 24.2 Å². The van der Waals surface area contributed by atoms with Gasteiger partial charge >= 0.3 is 10.2 Å². The molecule has 0 aliphatic heterocycles. The number of carbonyl (C=O) groups excluding carboxylic acids is 1. The number of benzene rings is 1. The number of aromatic hydroxyl groups is 1. The predicted octanol–water partition coefficient (Wildman–Crippen LogP) is 4.09. The van der Waals surface area contributed by atoms with Gasteiger partial charge in [-0.2, -0.15) is 0 Å². The van der Waals surface area contributed by atoms with Crippen LogP contribution in [0.3, 0.4) is 0 Å². The average Bonchev–Trinajstić information content (AvgIpc) is 2.36. The van der Waals surface area contributed by atoms with Gasteiger partial charge in [-0.15, -0.1) is 0 Å². The number of nitrogens with zero attached hydrogens (tertiary/aromatic N) is 2. The first kappa shape index (κ1) is 15.9. The van der Waals surface area contributed by atoms with Gasteiger partial charge in [0.15, 0.2) is 0 Å².